The van der Waals surface area contributed by atoms with Crippen molar-refractivity contribution < 1.29 is 9.53 Å². The van der Waals surface area contributed by atoms with E-state index in [-0.39, 0.29) is 12.0 Å². The van der Waals surface area contributed by atoms with Crippen molar-refractivity contribution in [1.29, 1.82) is 0 Å². The fourth-order valence-corrected chi connectivity index (χ4v) is 2.37. The zero-order chi connectivity index (χ0) is 13.1. The Labute approximate surface area is 108 Å². The largest absolute Gasteiger partial charge is 0.449 e. The zero-order valence-electron chi connectivity index (χ0n) is 11.0. The lowest BCUT2D eigenvalue weighted by Crippen LogP contribution is -2.46. The highest BCUT2D eigenvalue weighted by molar-refractivity contribution is 5.90. The van der Waals surface area contributed by atoms with Crippen LogP contribution < -0.4 is 10.6 Å². The molecule has 1 aliphatic rings. The van der Waals surface area contributed by atoms with Gasteiger partial charge < -0.3 is 10.5 Å². The number of anilines is 1. The van der Waals surface area contributed by atoms with Gasteiger partial charge in [0.15, 0.2) is 0 Å². The summed E-state index contributed by atoms with van der Waals surface area (Å²) in [5.41, 5.74) is 8.94. The highest BCUT2D eigenvalue weighted by atomic mass is 16.6. The van der Waals surface area contributed by atoms with E-state index in [1.807, 2.05) is 19.1 Å². The second-order valence-electron chi connectivity index (χ2n) is 4.73. The number of benzene rings is 1. The summed E-state index contributed by atoms with van der Waals surface area (Å²) in [4.78, 5) is 13.7. The Hall–Kier alpha value is -1.55. The van der Waals surface area contributed by atoms with Gasteiger partial charge in [0.05, 0.1) is 12.3 Å². The minimum atomic E-state index is -0.260. The number of hydrogen-bond donors (Lipinski definition) is 1. The summed E-state index contributed by atoms with van der Waals surface area (Å²) in [7, 11) is 0. The van der Waals surface area contributed by atoms with Crippen molar-refractivity contribution >= 4 is 11.8 Å². The van der Waals surface area contributed by atoms with Crippen LogP contribution in [0.4, 0.5) is 10.5 Å². The van der Waals surface area contributed by atoms with Crippen LogP contribution in [0.2, 0.25) is 0 Å². The number of para-hydroxylation sites is 1. The van der Waals surface area contributed by atoms with E-state index in [4.69, 9.17) is 10.5 Å². The summed E-state index contributed by atoms with van der Waals surface area (Å²) in [6.45, 7) is 5.73. The Morgan fingerprint density at radius 1 is 1.50 bits per heavy atom. The third-order valence-corrected chi connectivity index (χ3v) is 3.41. The van der Waals surface area contributed by atoms with E-state index in [2.05, 4.69) is 13.0 Å². The topological polar surface area (TPSA) is 55.6 Å². The van der Waals surface area contributed by atoms with Crippen LogP contribution >= 0.6 is 0 Å². The quantitative estimate of drug-likeness (QED) is 0.891. The number of ether oxygens (including phenoxy) is 1. The van der Waals surface area contributed by atoms with E-state index in [1.165, 1.54) is 5.56 Å². The number of carbonyl (C=O) groups is 1. The number of cyclic esters (lactones) is 1. The van der Waals surface area contributed by atoms with Crippen molar-refractivity contribution in [3.05, 3.63) is 29.3 Å². The van der Waals surface area contributed by atoms with E-state index >= 15 is 0 Å². The van der Waals surface area contributed by atoms with Crippen LogP contribution in [0.5, 0.6) is 0 Å². The van der Waals surface area contributed by atoms with E-state index in [0.717, 1.165) is 17.7 Å². The van der Waals surface area contributed by atoms with Crippen molar-refractivity contribution in [3.63, 3.8) is 0 Å². The fourth-order valence-electron chi connectivity index (χ4n) is 2.37. The standard InChI is InChI=1S/C14H20N2O2/c1-3-12-6-4-5-10(2)13(12)16-8-11(7-15)9-18-14(16)17/h4-6,11H,3,7-9,15H2,1-2H3. The molecule has 0 bridgehead atoms. The van der Waals surface area contributed by atoms with E-state index in [1.54, 1.807) is 4.90 Å². The smallest absolute Gasteiger partial charge is 0.414 e. The Kier molecular flexibility index (Phi) is 3.87. The molecule has 1 amide bonds. The Bertz CT molecular complexity index is 445. The van der Waals surface area contributed by atoms with E-state index in [9.17, 15) is 4.79 Å². The predicted octanol–water partition coefficient (Wildman–Crippen LogP) is 2.09. The summed E-state index contributed by atoms with van der Waals surface area (Å²) in [5, 5.41) is 0. The normalized spacial score (nSPS) is 19.8. The van der Waals surface area contributed by atoms with Gasteiger partial charge in [0.2, 0.25) is 0 Å². The van der Waals surface area contributed by atoms with Crippen molar-refractivity contribution in [2.24, 2.45) is 11.7 Å². The Morgan fingerprint density at radius 2 is 2.28 bits per heavy atom. The lowest BCUT2D eigenvalue weighted by Gasteiger charge is -2.33. The number of nitrogens with zero attached hydrogens (tertiary/aromatic N) is 1. The number of rotatable bonds is 3. The van der Waals surface area contributed by atoms with Crippen LogP contribution in [0, 0.1) is 12.8 Å². The maximum absolute atomic E-state index is 11.9. The van der Waals surface area contributed by atoms with Crippen LogP contribution in [0.1, 0.15) is 18.1 Å². The minimum Gasteiger partial charge on any atom is -0.449 e. The molecule has 1 aromatic carbocycles. The first-order valence-corrected chi connectivity index (χ1v) is 6.40. The van der Waals surface area contributed by atoms with Gasteiger partial charge in [0.25, 0.3) is 0 Å². The predicted molar refractivity (Wildman–Crippen MR) is 71.8 cm³/mol. The summed E-state index contributed by atoms with van der Waals surface area (Å²) in [5.74, 6) is 0.215. The third-order valence-electron chi connectivity index (χ3n) is 3.41. The molecule has 0 aromatic heterocycles. The van der Waals surface area contributed by atoms with Crippen molar-refractivity contribution in [1.82, 2.24) is 0 Å². The van der Waals surface area contributed by atoms with Gasteiger partial charge in [-0.2, -0.15) is 0 Å². The highest BCUT2D eigenvalue weighted by Gasteiger charge is 2.29. The van der Waals surface area contributed by atoms with Gasteiger partial charge in [-0.1, -0.05) is 25.1 Å². The molecule has 4 heteroatoms. The highest BCUT2D eigenvalue weighted by Crippen LogP contribution is 2.28. The van der Waals surface area contributed by atoms with Crippen LogP contribution in [-0.2, 0) is 11.2 Å². The van der Waals surface area contributed by atoms with E-state index in [0.29, 0.717) is 19.7 Å². The Morgan fingerprint density at radius 3 is 2.94 bits per heavy atom. The lowest BCUT2D eigenvalue weighted by atomic mass is 10.0. The van der Waals surface area contributed by atoms with Crippen LogP contribution in [-0.4, -0.2) is 25.8 Å². The van der Waals surface area contributed by atoms with Crippen molar-refractivity contribution in [3.8, 4) is 0 Å². The summed E-state index contributed by atoms with van der Waals surface area (Å²) >= 11 is 0. The number of aryl methyl sites for hydroxylation is 2. The molecule has 18 heavy (non-hydrogen) atoms. The summed E-state index contributed by atoms with van der Waals surface area (Å²) < 4.78 is 5.21. The number of carbonyl (C=O) groups excluding carboxylic acids is 1. The van der Waals surface area contributed by atoms with Gasteiger partial charge >= 0.3 is 6.09 Å². The maximum atomic E-state index is 11.9. The maximum Gasteiger partial charge on any atom is 0.414 e. The third kappa shape index (κ3) is 2.34. The number of amides is 1. The van der Waals surface area contributed by atoms with Gasteiger partial charge in [-0.15, -0.1) is 0 Å². The van der Waals surface area contributed by atoms with Gasteiger partial charge in [-0.05, 0) is 24.5 Å². The molecule has 1 aromatic rings. The molecule has 1 atom stereocenters. The monoisotopic (exact) mass is 248 g/mol. The molecular formula is C14H20N2O2. The SMILES string of the molecule is CCc1cccc(C)c1N1CC(CN)COC1=O. The molecule has 0 radical (unpaired) electrons. The molecule has 1 heterocycles. The van der Waals surface area contributed by atoms with Gasteiger partial charge in [0, 0.05) is 19.0 Å². The summed E-state index contributed by atoms with van der Waals surface area (Å²) in [6.07, 6.45) is 0.636. The lowest BCUT2D eigenvalue weighted by molar-refractivity contribution is 0.117. The minimum absolute atomic E-state index is 0.215. The molecule has 0 aliphatic carbocycles. The van der Waals surface area contributed by atoms with Gasteiger partial charge in [-0.25, -0.2) is 4.79 Å². The Balaban J connectivity index is 2.37. The van der Waals surface area contributed by atoms with E-state index < -0.39 is 0 Å². The molecule has 1 unspecified atom stereocenters. The van der Waals surface area contributed by atoms with Crippen LogP contribution in [0.3, 0.4) is 0 Å². The zero-order valence-corrected chi connectivity index (χ0v) is 11.0. The molecule has 2 rings (SSSR count). The second kappa shape index (κ2) is 5.40. The second-order valence-corrected chi connectivity index (χ2v) is 4.73. The molecule has 2 N–H and O–H groups in total. The first-order chi connectivity index (χ1) is 8.67. The molecule has 1 fully saturated rings. The number of hydrogen-bond acceptors (Lipinski definition) is 3. The van der Waals surface area contributed by atoms with Gasteiger partial charge in [0.1, 0.15) is 0 Å². The van der Waals surface area contributed by atoms with Gasteiger partial charge in [-0.3, -0.25) is 4.90 Å². The molecule has 1 aliphatic heterocycles. The van der Waals surface area contributed by atoms with Crippen molar-refractivity contribution in [2.45, 2.75) is 20.3 Å². The summed E-state index contributed by atoms with van der Waals surface area (Å²) in [6, 6.07) is 6.10. The van der Waals surface area contributed by atoms with Crippen LogP contribution in [0.25, 0.3) is 0 Å². The molecular weight excluding hydrogens is 228 g/mol. The van der Waals surface area contributed by atoms with Crippen molar-refractivity contribution in [2.75, 3.05) is 24.6 Å². The molecule has 4 nitrogen and oxygen atoms in total. The first-order valence-electron chi connectivity index (χ1n) is 6.40. The fraction of sp³-hybridized carbons (Fsp3) is 0.500. The van der Waals surface area contributed by atoms with Crippen LogP contribution in [0.15, 0.2) is 18.2 Å². The molecule has 0 saturated carbocycles. The average molecular weight is 248 g/mol. The number of nitrogens with two attached hydrogens (primary N) is 1. The molecule has 98 valence electrons. The molecule has 0 spiro atoms. The average Bonchev–Trinajstić information content (AvgIpc) is 2.39. The molecule has 1 saturated heterocycles. The first kappa shape index (κ1) is 12.9.